The van der Waals surface area contributed by atoms with Gasteiger partial charge in [0.1, 0.15) is 5.75 Å². The van der Waals surface area contributed by atoms with Crippen LogP contribution >= 0.6 is 24.0 Å². The van der Waals surface area contributed by atoms with Crippen LogP contribution in [0, 0.1) is 5.92 Å². The average molecular weight is 475 g/mol. The second-order valence-corrected chi connectivity index (χ2v) is 6.98. The summed E-state index contributed by atoms with van der Waals surface area (Å²) in [5, 5.41) is 16.9. The minimum absolute atomic E-state index is 0. The maximum Gasteiger partial charge on any atom is 0.191 e. The number of benzene rings is 1. The number of ether oxygens (including phenoxy) is 1. The first-order valence-corrected chi connectivity index (χ1v) is 9.55. The van der Waals surface area contributed by atoms with Crippen molar-refractivity contribution in [2.24, 2.45) is 10.9 Å². The van der Waals surface area contributed by atoms with Crippen LogP contribution in [0.15, 0.2) is 29.3 Å². The smallest absolute Gasteiger partial charge is 0.191 e. The zero-order valence-electron chi connectivity index (χ0n) is 16.2. The zero-order valence-corrected chi connectivity index (χ0v) is 18.5. The highest BCUT2D eigenvalue weighted by atomic mass is 127. The van der Waals surface area contributed by atoms with Gasteiger partial charge in [0.15, 0.2) is 5.96 Å². The monoisotopic (exact) mass is 475 g/mol. The molecule has 26 heavy (non-hydrogen) atoms. The first-order chi connectivity index (χ1) is 12.1. The summed E-state index contributed by atoms with van der Waals surface area (Å²) in [6.07, 6.45) is 4.82. The van der Waals surface area contributed by atoms with Gasteiger partial charge in [-0.1, -0.05) is 25.0 Å². The highest BCUT2D eigenvalue weighted by molar-refractivity contribution is 14.0. The molecule has 0 radical (unpaired) electrons. The van der Waals surface area contributed by atoms with Crippen molar-refractivity contribution in [1.82, 2.24) is 10.6 Å². The van der Waals surface area contributed by atoms with Gasteiger partial charge in [-0.25, -0.2) is 0 Å². The van der Waals surface area contributed by atoms with Crippen LogP contribution < -0.4 is 15.4 Å². The van der Waals surface area contributed by atoms with E-state index in [9.17, 15) is 5.11 Å². The number of nitrogens with one attached hydrogen (secondary N) is 2. The fraction of sp³-hybridized carbons (Fsp3) is 0.650. The number of hydrogen-bond acceptors (Lipinski definition) is 3. The van der Waals surface area contributed by atoms with Gasteiger partial charge in [-0.15, -0.1) is 24.0 Å². The van der Waals surface area contributed by atoms with Crippen LogP contribution in [0.5, 0.6) is 5.75 Å². The van der Waals surface area contributed by atoms with Crippen LogP contribution in [-0.2, 0) is 0 Å². The molecule has 3 N–H and O–H groups in total. The number of rotatable bonds is 10. The normalized spacial score (nSPS) is 15.3. The number of aliphatic imine (C=N–C) groups is 1. The molecule has 0 saturated heterocycles. The summed E-state index contributed by atoms with van der Waals surface area (Å²) in [5.41, 5.74) is 0.851. The number of guanidine groups is 1. The predicted molar refractivity (Wildman–Crippen MR) is 119 cm³/mol. The lowest BCUT2D eigenvalue weighted by Crippen LogP contribution is -2.38. The molecule has 0 amide bonds. The van der Waals surface area contributed by atoms with E-state index in [-0.39, 0.29) is 30.1 Å². The molecule has 148 valence electrons. The first-order valence-electron chi connectivity index (χ1n) is 9.55. The molecule has 6 heteroatoms. The van der Waals surface area contributed by atoms with Crippen LogP contribution in [0.4, 0.5) is 0 Å². The SMILES string of the molecule is CCNC(=NCC(O)c1ccc(OC(C)C)cc1)NCCCC1CC1.I. The van der Waals surface area contributed by atoms with E-state index in [1.165, 1.54) is 25.7 Å². The summed E-state index contributed by atoms with van der Waals surface area (Å²) >= 11 is 0. The quantitative estimate of drug-likeness (QED) is 0.208. The summed E-state index contributed by atoms with van der Waals surface area (Å²) in [7, 11) is 0. The molecular weight excluding hydrogens is 441 g/mol. The molecule has 0 heterocycles. The molecule has 0 aromatic heterocycles. The first kappa shape index (κ1) is 23.0. The highest BCUT2D eigenvalue weighted by Crippen LogP contribution is 2.33. The van der Waals surface area contributed by atoms with Gasteiger partial charge in [0.2, 0.25) is 0 Å². The fourth-order valence-corrected chi connectivity index (χ4v) is 2.67. The molecule has 1 aliphatic rings. The standard InChI is InChI=1S/C20H33N3O2.HI/c1-4-21-20(22-13-5-6-16-7-8-16)23-14-19(24)17-9-11-18(12-10-17)25-15(2)3;/h9-12,15-16,19,24H,4-8,13-14H2,1-3H3,(H2,21,22,23);1H. The fourth-order valence-electron chi connectivity index (χ4n) is 2.67. The van der Waals surface area contributed by atoms with Gasteiger partial charge < -0.3 is 20.5 Å². The minimum atomic E-state index is -0.616. The lowest BCUT2D eigenvalue weighted by Gasteiger charge is -2.14. The van der Waals surface area contributed by atoms with E-state index in [1.807, 2.05) is 45.0 Å². The van der Waals surface area contributed by atoms with Crippen molar-refractivity contribution in [2.75, 3.05) is 19.6 Å². The average Bonchev–Trinajstić information content (AvgIpc) is 3.40. The molecule has 1 unspecified atom stereocenters. The van der Waals surface area contributed by atoms with Crippen LogP contribution in [-0.4, -0.2) is 36.8 Å². The molecule has 2 rings (SSSR count). The Balaban J connectivity index is 0.00000338. The summed E-state index contributed by atoms with van der Waals surface area (Å²) in [6, 6.07) is 7.58. The Hall–Kier alpha value is -1.02. The molecule has 5 nitrogen and oxygen atoms in total. The molecule has 0 aliphatic heterocycles. The molecule has 1 atom stereocenters. The van der Waals surface area contributed by atoms with Crippen molar-refractivity contribution >= 4 is 29.9 Å². The van der Waals surface area contributed by atoms with Crippen molar-refractivity contribution in [3.8, 4) is 5.75 Å². The van der Waals surface area contributed by atoms with Crippen LogP contribution in [0.2, 0.25) is 0 Å². The van der Waals surface area contributed by atoms with E-state index in [0.29, 0.717) is 6.54 Å². The highest BCUT2D eigenvalue weighted by Gasteiger charge is 2.20. The van der Waals surface area contributed by atoms with Crippen LogP contribution in [0.1, 0.15) is 58.1 Å². The summed E-state index contributed by atoms with van der Waals surface area (Å²) in [4.78, 5) is 4.51. The third-order valence-electron chi connectivity index (χ3n) is 4.18. The van der Waals surface area contributed by atoms with E-state index in [1.54, 1.807) is 0 Å². The van der Waals surface area contributed by atoms with E-state index in [0.717, 1.165) is 36.3 Å². The molecule has 0 spiro atoms. The molecule has 1 aromatic carbocycles. The Morgan fingerprint density at radius 2 is 1.92 bits per heavy atom. The Bertz CT molecular complexity index is 530. The maximum atomic E-state index is 10.4. The molecule has 1 fully saturated rings. The number of halogens is 1. The largest absolute Gasteiger partial charge is 0.491 e. The van der Waals surface area contributed by atoms with E-state index in [2.05, 4.69) is 15.6 Å². The van der Waals surface area contributed by atoms with Crippen molar-refractivity contribution in [3.05, 3.63) is 29.8 Å². The van der Waals surface area contributed by atoms with Crippen molar-refractivity contribution in [3.63, 3.8) is 0 Å². The lowest BCUT2D eigenvalue weighted by molar-refractivity contribution is 0.186. The van der Waals surface area contributed by atoms with Gasteiger partial charge in [0.25, 0.3) is 0 Å². The summed E-state index contributed by atoms with van der Waals surface area (Å²) in [5.74, 6) is 2.56. The lowest BCUT2D eigenvalue weighted by atomic mass is 10.1. The molecule has 1 saturated carbocycles. The number of aliphatic hydroxyl groups is 1. The van der Waals surface area contributed by atoms with E-state index < -0.39 is 6.10 Å². The molecular formula is C20H34IN3O2. The van der Waals surface area contributed by atoms with Gasteiger partial charge in [-0.3, -0.25) is 4.99 Å². The van der Waals surface area contributed by atoms with Crippen LogP contribution in [0.3, 0.4) is 0 Å². The summed E-state index contributed by atoms with van der Waals surface area (Å²) < 4.78 is 5.63. The Kier molecular flexibility index (Phi) is 11.0. The molecule has 1 aromatic rings. The zero-order chi connectivity index (χ0) is 18.1. The van der Waals surface area contributed by atoms with Crippen molar-refractivity contribution < 1.29 is 9.84 Å². The van der Waals surface area contributed by atoms with Gasteiger partial charge in [0, 0.05) is 13.1 Å². The van der Waals surface area contributed by atoms with Crippen molar-refractivity contribution in [1.29, 1.82) is 0 Å². The van der Waals surface area contributed by atoms with Crippen LogP contribution in [0.25, 0.3) is 0 Å². The van der Waals surface area contributed by atoms with Gasteiger partial charge in [-0.05, 0) is 57.2 Å². The minimum Gasteiger partial charge on any atom is -0.491 e. The van der Waals surface area contributed by atoms with Gasteiger partial charge in [-0.2, -0.15) is 0 Å². The third kappa shape index (κ3) is 9.07. The second-order valence-electron chi connectivity index (χ2n) is 6.98. The van der Waals surface area contributed by atoms with Crippen molar-refractivity contribution in [2.45, 2.75) is 58.7 Å². The van der Waals surface area contributed by atoms with E-state index in [4.69, 9.17) is 4.74 Å². The molecule has 1 aliphatic carbocycles. The Morgan fingerprint density at radius 1 is 1.23 bits per heavy atom. The van der Waals surface area contributed by atoms with E-state index >= 15 is 0 Å². The number of hydrogen-bond donors (Lipinski definition) is 3. The molecule has 0 bridgehead atoms. The van der Waals surface area contributed by atoms with Gasteiger partial charge in [0.05, 0.1) is 18.8 Å². The number of aliphatic hydroxyl groups excluding tert-OH is 1. The van der Waals surface area contributed by atoms with Gasteiger partial charge >= 0.3 is 0 Å². The Labute approximate surface area is 175 Å². The topological polar surface area (TPSA) is 65.9 Å². The second kappa shape index (κ2) is 12.4. The maximum absolute atomic E-state index is 10.4. The third-order valence-corrected chi connectivity index (χ3v) is 4.18. The number of nitrogens with zero attached hydrogens (tertiary/aromatic N) is 1. The predicted octanol–water partition coefficient (Wildman–Crippen LogP) is 3.87. The Morgan fingerprint density at radius 3 is 2.50 bits per heavy atom. The summed E-state index contributed by atoms with van der Waals surface area (Å²) in [6.45, 7) is 8.12.